The lowest BCUT2D eigenvalue weighted by molar-refractivity contribution is 0.572. The van der Waals surface area contributed by atoms with Crippen LogP contribution in [-0.4, -0.2) is 4.98 Å². The second kappa shape index (κ2) is 3.70. The van der Waals surface area contributed by atoms with Crippen molar-refractivity contribution in [2.45, 2.75) is 5.88 Å². The van der Waals surface area contributed by atoms with Gasteiger partial charge in [-0.05, 0) is 11.4 Å². The van der Waals surface area contributed by atoms with Gasteiger partial charge in [0.15, 0.2) is 12.2 Å². The highest BCUT2D eigenvalue weighted by Gasteiger charge is 2.13. The largest absolute Gasteiger partial charge is 0.442 e. The van der Waals surface area contributed by atoms with Crippen LogP contribution in [0.5, 0.6) is 0 Å². The predicted octanol–water partition coefficient (Wildman–Crippen LogP) is 3.80. The van der Waals surface area contributed by atoms with Crippen molar-refractivity contribution in [3.05, 3.63) is 28.6 Å². The van der Waals surface area contributed by atoms with E-state index in [0.717, 1.165) is 10.6 Å². The zero-order valence-electron chi connectivity index (χ0n) is 6.46. The minimum atomic E-state index is 0.333. The van der Waals surface area contributed by atoms with Crippen LogP contribution in [0, 0.1) is 0 Å². The summed E-state index contributed by atoms with van der Waals surface area (Å²) in [6.45, 7) is 0. The van der Waals surface area contributed by atoms with Crippen LogP contribution in [0.25, 0.3) is 10.6 Å². The van der Waals surface area contributed by atoms with E-state index in [9.17, 15) is 0 Å². The van der Waals surface area contributed by atoms with Gasteiger partial charge >= 0.3 is 0 Å². The lowest BCUT2D eigenvalue weighted by atomic mass is 10.3. The molecule has 2 aromatic rings. The highest BCUT2D eigenvalue weighted by molar-refractivity contribution is 7.14. The highest BCUT2D eigenvalue weighted by Crippen LogP contribution is 2.35. The zero-order chi connectivity index (χ0) is 9.26. The molecule has 5 heteroatoms. The molecule has 2 nitrogen and oxygen atoms in total. The minimum Gasteiger partial charge on any atom is -0.442 e. The van der Waals surface area contributed by atoms with E-state index in [1.165, 1.54) is 17.7 Å². The molecule has 0 aliphatic heterocycles. The number of rotatable bonds is 2. The lowest BCUT2D eigenvalue weighted by Gasteiger charge is -1.94. The van der Waals surface area contributed by atoms with Crippen molar-refractivity contribution in [2.24, 2.45) is 0 Å². The molecule has 0 N–H and O–H groups in total. The normalized spacial score (nSPS) is 10.6. The van der Waals surface area contributed by atoms with E-state index in [0.29, 0.717) is 16.7 Å². The lowest BCUT2D eigenvalue weighted by Crippen LogP contribution is -1.79. The average Bonchev–Trinajstić information content (AvgIpc) is 2.71. The first-order valence-electron chi connectivity index (χ1n) is 3.54. The van der Waals surface area contributed by atoms with Gasteiger partial charge < -0.3 is 4.42 Å². The van der Waals surface area contributed by atoms with E-state index >= 15 is 0 Å². The van der Waals surface area contributed by atoms with E-state index in [1.54, 1.807) is 0 Å². The van der Waals surface area contributed by atoms with Gasteiger partial charge in [-0.3, -0.25) is 0 Å². The van der Waals surface area contributed by atoms with E-state index < -0.39 is 0 Å². The molecule has 0 bridgehead atoms. The van der Waals surface area contributed by atoms with Crippen LogP contribution in [-0.2, 0) is 5.88 Å². The molecular formula is C8H5Cl2NOS. The van der Waals surface area contributed by atoms with Gasteiger partial charge in [-0.25, -0.2) is 4.98 Å². The molecule has 0 radical (unpaired) electrons. The number of hydrogen-bond donors (Lipinski definition) is 0. The fourth-order valence-electron chi connectivity index (χ4n) is 1.00. The second-order valence-corrected chi connectivity index (χ2v) is 3.95. The molecule has 2 heterocycles. The molecule has 2 rings (SSSR count). The number of thiophene rings is 1. The second-order valence-electron chi connectivity index (χ2n) is 2.36. The fourth-order valence-corrected chi connectivity index (χ4v) is 2.35. The van der Waals surface area contributed by atoms with Gasteiger partial charge in [0.2, 0.25) is 0 Å². The summed E-state index contributed by atoms with van der Waals surface area (Å²) in [6.07, 6.45) is 1.38. The zero-order valence-corrected chi connectivity index (χ0v) is 8.79. The van der Waals surface area contributed by atoms with Gasteiger partial charge in [0.05, 0.1) is 15.8 Å². The molecule has 0 aromatic carbocycles. The van der Waals surface area contributed by atoms with Gasteiger partial charge in [-0.2, -0.15) is 0 Å². The van der Waals surface area contributed by atoms with Gasteiger partial charge in [0.25, 0.3) is 0 Å². The number of oxazole rings is 1. The van der Waals surface area contributed by atoms with Gasteiger partial charge in [-0.1, -0.05) is 11.6 Å². The summed E-state index contributed by atoms with van der Waals surface area (Å²) < 4.78 is 5.21. The topological polar surface area (TPSA) is 26.0 Å². The van der Waals surface area contributed by atoms with Crippen LogP contribution < -0.4 is 0 Å². The Hall–Kier alpha value is -0.510. The molecule has 0 unspecified atom stereocenters. The summed E-state index contributed by atoms with van der Waals surface area (Å²) >= 11 is 13.1. The molecule has 0 spiro atoms. The molecule has 0 fully saturated rings. The van der Waals surface area contributed by atoms with Crippen LogP contribution in [0.15, 0.2) is 22.3 Å². The molecular weight excluding hydrogens is 229 g/mol. The molecule has 13 heavy (non-hydrogen) atoms. The smallest absolute Gasteiger partial charge is 0.181 e. The Balaban J connectivity index is 2.52. The van der Waals surface area contributed by atoms with Gasteiger partial charge in [-0.15, -0.1) is 22.9 Å². The van der Waals surface area contributed by atoms with Crippen molar-refractivity contribution in [3.63, 3.8) is 0 Å². The van der Waals surface area contributed by atoms with E-state index in [-0.39, 0.29) is 0 Å². The molecule has 68 valence electrons. The summed E-state index contributed by atoms with van der Waals surface area (Å²) in [5.74, 6) is 1.01. The molecule has 0 atom stereocenters. The Labute approximate surface area is 89.1 Å². The molecule has 0 saturated heterocycles. The maximum Gasteiger partial charge on any atom is 0.181 e. The van der Waals surface area contributed by atoms with Crippen LogP contribution in [0.2, 0.25) is 5.02 Å². The third-order valence-corrected chi connectivity index (χ3v) is 3.18. The van der Waals surface area contributed by atoms with Crippen molar-refractivity contribution in [1.82, 2.24) is 4.98 Å². The highest BCUT2D eigenvalue weighted by atomic mass is 35.5. The molecule has 0 saturated carbocycles. The summed E-state index contributed by atoms with van der Waals surface area (Å²) in [7, 11) is 0. The van der Waals surface area contributed by atoms with Crippen molar-refractivity contribution < 1.29 is 4.42 Å². The van der Waals surface area contributed by atoms with Crippen molar-refractivity contribution in [3.8, 4) is 10.6 Å². The van der Waals surface area contributed by atoms with Crippen molar-refractivity contribution >= 4 is 34.5 Å². The first kappa shape index (κ1) is 9.06. The Kier molecular flexibility index (Phi) is 2.58. The van der Waals surface area contributed by atoms with Gasteiger partial charge in [0.1, 0.15) is 5.69 Å². The number of hydrogen-bond acceptors (Lipinski definition) is 3. The molecule has 0 aliphatic carbocycles. The van der Waals surface area contributed by atoms with Crippen molar-refractivity contribution in [2.75, 3.05) is 0 Å². The summed E-state index contributed by atoms with van der Waals surface area (Å²) in [5, 5.41) is 2.58. The van der Waals surface area contributed by atoms with Crippen LogP contribution in [0.1, 0.15) is 5.69 Å². The fraction of sp³-hybridized carbons (Fsp3) is 0.125. The number of nitrogens with zero attached hydrogens (tertiary/aromatic N) is 1. The minimum absolute atomic E-state index is 0.333. The first-order chi connectivity index (χ1) is 6.33. The third-order valence-electron chi connectivity index (χ3n) is 1.59. The SMILES string of the molecule is ClCc1ncoc1-c1sccc1Cl. The Morgan fingerprint density at radius 1 is 1.54 bits per heavy atom. The Morgan fingerprint density at radius 2 is 2.38 bits per heavy atom. The van der Waals surface area contributed by atoms with Crippen LogP contribution in [0.4, 0.5) is 0 Å². The van der Waals surface area contributed by atoms with E-state index in [2.05, 4.69) is 4.98 Å². The number of aromatic nitrogens is 1. The monoisotopic (exact) mass is 233 g/mol. The first-order valence-corrected chi connectivity index (χ1v) is 5.34. The van der Waals surface area contributed by atoms with Crippen molar-refractivity contribution in [1.29, 1.82) is 0 Å². The third kappa shape index (κ3) is 1.59. The number of halogens is 2. The standard InChI is InChI=1S/C8H5Cl2NOS/c9-3-6-7(12-4-11-6)8-5(10)1-2-13-8/h1-2,4H,3H2. The molecule has 2 aromatic heterocycles. The van der Waals surface area contributed by atoms with Crippen LogP contribution in [0.3, 0.4) is 0 Å². The summed E-state index contributed by atoms with van der Waals surface area (Å²) in [6, 6.07) is 1.82. The Morgan fingerprint density at radius 3 is 3.00 bits per heavy atom. The van der Waals surface area contributed by atoms with E-state index in [4.69, 9.17) is 27.6 Å². The molecule has 0 aliphatic rings. The average molecular weight is 234 g/mol. The number of alkyl halides is 1. The van der Waals surface area contributed by atoms with E-state index in [1.807, 2.05) is 11.4 Å². The Bertz CT molecular complexity index is 410. The quantitative estimate of drug-likeness (QED) is 0.738. The summed E-state index contributed by atoms with van der Waals surface area (Å²) in [4.78, 5) is 4.87. The molecule has 0 amide bonds. The predicted molar refractivity (Wildman–Crippen MR) is 54.4 cm³/mol. The summed E-state index contributed by atoms with van der Waals surface area (Å²) in [5.41, 5.74) is 0.728. The van der Waals surface area contributed by atoms with Gasteiger partial charge in [0, 0.05) is 0 Å². The maximum atomic E-state index is 5.94. The maximum absolute atomic E-state index is 5.94. The van der Waals surface area contributed by atoms with Crippen LogP contribution >= 0.6 is 34.5 Å².